The molecule has 1 heterocycles. The van der Waals surface area contributed by atoms with Crippen molar-refractivity contribution in [2.45, 2.75) is 39.7 Å². The average molecular weight is 312 g/mol. The summed E-state index contributed by atoms with van der Waals surface area (Å²) in [7, 11) is 0. The van der Waals surface area contributed by atoms with Gasteiger partial charge in [-0.2, -0.15) is 0 Å². The van der Waals surface area contributed by atoms with Crippen molar-refractivity contribution >= 4 is 15.9 Å². The van der Waals surface area contributed by atoms with Gasteiger partial charge in [0.15, 0.2) is 0 Å². The Labute approximate surface area is 118 Å². The van der Waals surface area contributed by atoms with Crippen LogP contribution in [0.2, 0.25) is 0 Å². The number of ether oxygens (including phenoxy) is 1. The van der Waals surface area contributed by atoms with E-state index >= 15 is 0 Å². The molecule has 1 unspecified atom stereocenters. The van der Waals surface area contributed by atoms with Crippen LogP contribution in [0.5, 0.6) is 5.75 Å². The molecule has 2 rings (SSSR count). The zero-order chi connectivity index (χ0) is 13.1. The van der Waals surface area contributed by atoms with Crippen LogP contribution in [-0.2, 0) is 12.8 Å². The monoisotopic (exact) mass is 311 g/mol. The molecule has 1 aromatic carbocycles. The third-order valence-corrected chi connectivity index (χ3v) is 3.99. The highest BCUT2D eigenvalue weighted by Crippen LogP contribution is 2.34. The molecular weight excluding hydrogens is 290 g/mol. The zero-order valence-electron chi connectivity index (χ0n) is 11.4. The van der Waals surface area contributed by atoms with Gasteiger partial charge in [0.25, 0.3) is 0 Å². The standard InChI is InChI=1S/C15H22BrNO/c1-4-17-14(10(2)3)9-12-8-13(16)7-11-5-6-18-15(11)12/h7-8,10,14,17H,4-6,9H2,1-3H3. The Kier molecular flexibility index (Phi) is 4.68. The van der Waals surface area contributed by atoms with Crippen LogP contribution >= 0.6 is 15.9 Å². The molecule has 100 valence electrons. The van der Waals surface area contributed by atoms with Crippen molar-refractivity contribution in [3.05, 3.63) is 27.7 Å². The van der Waals surface area contributed by atoms with Gasteiger partial charge in [-0.05, 0) is 42.1 Å². The lowest BCUT2D eigenvalue weighted by Gasteiger charge is -2.23. The molecule has 1 aliphatic heterocycles. The van der Waals surface area contributed by atoms with E-state index < -0.39 is 0 Å². The molecule has 3 heteroatoms. The largest absolute Gasteiger partial charge is 0.493 e. The quantitative estimate of drug-likeness (QED) is 0.897. The van der Waals surface area contributed by atoms with Crippen LogP contribution in [0.4, 0.5) is 0 Å². The lowest BCUT2D eigenvalue weighted by molar-refractivity contribution is 0.346. The van der Waals surface area contributed by atoms with Crippen molar-refractivity contribution in [1.29, 1.82) is 0 Å². The van der Waals surface area contributed by atoms with Crippen LogP contribution in [0.15, 0.2) is 16.6 Å². The van der Waals surface area contributed by atoms with E-state index in [2.05, 4.69) is 54.2 Å². The second kappa shape index (κ2) is 6.07. The molecule has 0 radical (unpaired) electrons. The SMILES string of the molecule is CCNC(Cc1cc(Br)cc2c1OCC2)C(C)C. The molecule has 0 aromatic heterocycles. The summed E-state index contributed by atoms with van der Waals surface area (Å²) in [6.45, 7) is 8.54. The maximum Gasteiger partial charge on any atom is 0.125 e. The molecule has 0 saturated heterocycles. The molecule has 0 amide bonds. The van der Waals surface area contributed by atoms with Crippen LogP contribution in [0.3, 0.4) is 0 Å². The molecule has 0 saturated carbocycles. The number of halogens is 1. The lowest BCUT2D eigenvalue weighted by Crippen LogP contribution is -2.35. The first kappa shape index (κ1) is 13.9. The van der Waals surface area contributed by atoms with Gasteiger partial charge in [0.05, 0.1) is 6.61 Å². The molecule has 0 aliphatic carbocycles. The minimum atomic E-state index is 0.512. The van der Waals surface area contributed by atoms with Gasteiger partial charge >= 0.3 is 0 Å². The second-order valence-corrected chi connectivity index (χ2v) is 6.18. The van der Waals surface area contributed by atoms with Crippen LogP contribution in [0, 0.1) is 5.92 Å². The van der Waals surface area contributed by atoms with E-state index in [1.54, 1.807) is 0 Å². The Morgan fingerprint density at radius 3 is 2.83 bits per heavy atom. The molecule has 0 spiro atoms. The normalized spacial score (nSPS) is 15.6. The van der Waals surface area contributed by atoms with E-state index in [9.17, 15) is 0 Å². The predicted octanol–water partition coefficient (Wildman–Crippen LogP) is 3.56. The van der Waals surface area contributed by atoms with E-state index in [4.69, 9.17) is 4.74 Å². The van der Waals surface area contributed by atoms with Crippen LogP contribution in [-0.4, -0.2) is 19.2 Å². The maximum atomic E-state index is 5.79. The van der Waals surface area contributed by atoms with Crippen LogP contribution < -0.4 is 10.1 Å². The van der Waals surface area contributed by atoms with Crippen LogP contribution in [0.25, 0.3) is 0 Å². The topological polar surface area (TPSA) is 21.3 Å². The minimum Gasteiger partial charge on any atom is -0.493 e. The number of likely N-dealkylation sites (N-methyl/N-ethyl adjacent to an activating group) is 1. The fourth-order valence-corrected chi connectivity index (χ4v) is 3.09. The van der Waals surface area contributed by atoms with E-state index in [1.807, 2.05) is 0 Å². The fourth-order valence-electron chi connectivity index (χ4n) is 2.54. The first-order valence-electron chi connectivity index (χ1n) is 6.79. The summed E-state index contributed by atoms with van der Waals surface area (Å²) in [6, 6.07) is 4.90. The molecule has 1 N–H and O–H groups in total. The van der Waals surface area contributed by atoms with Gasteiger partial charge < -0.3 is 10.1 Å². The van der Waals surface area contributed by atoms with Gasteiger partial charge in [0.1, 0.15) is 5.75 Å². The first-order valence-corrected chi connectivity index (χ1v) is 7.58. The molecule has 1 atom stereocenters. The van der Waals surface area contributed by atoms with Crippen molar-refractivity contribution in [3.63, 3.8) is 0 Å². The third kappa shape index (κ3) is 3.07. The highest BCUT2D eigenvalue weighted by Gasteiger charge is 2.21. The van der Waals surface area contributed by atoms with Crippen molar-refractivity contribution in [1.82, 2.24) is 5.32 Å². The Morgan fingerprint density at radius 2 is 2.17 bits per heavy atom. The molecular formula is C15H22BrNO. The van der Waals surface area contributed by atoms with Gasteiger partial charge in [-0.1, -0.05) is 36.7 Å². The summed E-state index contributed by atoms with van der Waals surface area (Å²) in [5.41, 5.74) is 2.68. The zero-order valence-corrected chi connectivity index (χ0v) is 13.0. The number of hydrogen-bond acceptors (Lipinski definition) is 2. The number of hydrogen-bond donors (Lipinski definition) is 1. The Bertz CT molecular complexity index is 417. The molecule has 2 nitrogen and oxygen atoms in total. The summed E-state index contributed by atoms with van der Waals surface area (Å²) < 4.78 is 6.96. The molecule has 0 bridgehead atoms. The molecule has 1 aromatic rings. The summed E-state index contributed by atoms with van der Waals surface area (Å²) in [5, 5.41) is 3.57. The Morgan fingerprint density at radius 1 is 1.39 bits per heavy atom. The molecule has 1 aliphatic rings. The number of fused-ring (bicyclic) bond motifs is 1. The van der Waals surface area contributed by atoms with Crippen molar-refractivity contribution in [3.8, 4) is 5.75 Å². The smallest absolute Gasteiger partial charge is 0.125 e. The maximum absolute atomic E-state index is 5.79. The van der Waals surface area contributed by atoms with Gasteiger partial charge in [-0.25, -0.2) is 0 Å². The number of nitrogens with one attached hydrogen (secondary N) is 1. The second-order valence-electron chi connectivity index (χ2n) is 5.26. The predicted molar refractivity (Wildman–Crippen MR) is 79.3 cm³/mol. The van der Waals surface area contributed by atoms with Gasteiger partial charge in [-0.15, -0.1) is 0 Å². The summed E-state index contributed by atoms with van der Waals surface area (Å²) >= 11 is 3.61. The van der Waals surface area contributed by atoms with E-state index in [-0.39, 0.29) is 0 Å². The van der Waals surface area contributed by atoms with E-state index in [0.29, 0.717) is 12.0 Å². The lowest BCUT2D eigenvalue weighted by atomic mass is 9.94. The highest BCUT2D eigenvalue weighted by atomic mass is 79.9. The Hall–Kier alpha value is -0.540. The van der Waals surface area contributed by atoms with Crippen molar-refractivity contribution in [2.75, 3.05) is 13.2 Å². The first-order chi connectivity index (χ1) is 8.61. The van der Waals surface area contributed by atoms with Gasteiger partial charge in [0, 0.05) is 16.9 Å². The highest BCUT2D eigenvalue weighted by molar-refractivity contribution is 9.10. The third-order valence-electron chi connectivity index (χ3n) is 3.54. The Balaban J connectivity index is 2.22. The number of benzene rings is 1. The van der Waals surface area contributed by atoms with Crippen molar-refractivity contribution in [2.24, 2.45) is 5.92 Å². The minimum absolute atomic E-state index is 0.512. The summed E-state index contributed by atoms with van der Waals surface area (Å²) in [6.07, 6.45) is 2.07. The van der Waals surface area contributed by atoms with Gasteiger partial charge in [0.2, 0.25) is 0 Å². The van der Waals surface area contributed by atoms with Gasteiger partial charge in [-0.3, -0.25) is 0 Å². The fraction of sp³-hybridized carbons (Fsp3) is 0.600. The average Bonchev–Trinajstić information content (AvgIpc) is 2.76. The molecule has 0 fully saturated rings. The molecule has 18 heavy (non-hydrogen) atoms. The summed E-state index contributed by atoms with van der Waals surface area (Å²) in [4.78, 5) is 0. The van der Waals surface area contributed by atoms with E-state index in [1.165, 1.54) is 15.6 Å². The van der Waals surface area contributed by atoms with Crippen molar-refractivity contribution < 1.29 is 4.74 Å². The van der Waals surface area contributed by atoms with E-state index in [0.717, 1.165) is 31.7 Å². The number of rotatable bonds is 5. The summed E-state index contributed by atoms with van der Waals surface area (Å²) in [5.74, 6) is 1.75. The van der Waals surface area contributed by atoms with Crippen LogP contribution in [0.1, 0.15) is 31.9 Å².